The van der Waals surface area contributed by atoms with Crippen LogP contribution in [-0.4, -0.2) is 60.4 Å². The van der Waals surface area contributed by atoms with E-state index in [0.29, 0.717) is 0 Å². The van der Waals surface area contributed by atoms with Gasteiger partial charge in [0.25, 0.3) is 0 Å². The monoisotopic (exact) mass is 234 g/mol. The van der Waals surface area contributed by atoms with Gasteiger partial charge >= 0.3 is 0 Å². The number of hydrogen-bond acceptors (Lipinski definition) is 6. The average molecular weight is 234 g/mol. The van der Waals surface area contributed by atoms with Crippen molar-refractivity contribution in [3.8, 4) is 0 Å². The molecular formula is C10H18O6. The Hall–Kier alpha value is -0.240. The van der Waals surface area contributed by atoms with Gasteiger partial charge in [0.2, 0.25) is 0 Å². The Labute approximate surface area is 94.1 Å². The molecule has 0 spiro atoms. The predicted molar refractivity (Wildman–Crippen MR) is 52.6 cm³/mol. The summed E-state index contributed by atoms with van der Waals surface area (Å²) in [4.78, 5) is 0. The van der Waals surface area contributed by atoms with Crippen LogP contribution in [0.5, 0.6) is 0 Å². The number of ether oxygens (including phenoxy) is 4. The highest BCUT2D eigenvalue weighted by atomic mass is 16.8. The Morgan fingerprint density at radius 2 is 1.88 bits per heavy atom. The van der Waals surface area contributed by atoms with Crippen LogP contribution in [0.1, 0.15) is 13.8 Å². The molecule has 0 amide bonds. The second-order valence-corrected chi connectivity index (χ2v) is 4.52. The molecule has 2 rings (SSSR count). The molecule has 5 atom stereocenters. The van der Waals surface area contributed by atoms with Crippen LogP contribution in [0.2, 0.25) is 0 Å². The minimum Gasteiger partial charge on any atom is -0.394 e. The van der Waals surface area contributed by atoms with Crippen LogP contribution in [0.4, 0.5) is 0 Å². The normalized spacial score (nSPS) is 46.7. The molecule has 16 heavy (non-hydrogen) atoms. The number of rotatable bonds is 2. The van der Waals surface area contributed by atoms with E-state index in [0.717, 1.165) is 0 Å². The van der Waals surface area contributed by atoms with Crippen LogP contribution in [-0.2, 0) is 18.9 Å². The Bertz CT molecular complexity index is 256. The first-order valence-electron chi connectivity index (χ1n) is 5.31. The molecule has 0 unspecified atom stereocenters. The van der Waals surface area contributed by atoms with E-state index in [1.807, 2.05) is 0 Å². The molecule has 2 saturated heterocycles. The minimum absolute atomic E-state index is 0.284. The lowest BCUT2D eigenvalue weighted by molar-refractivity contribution is -0.272. The summed E-state index contributed by atoms with van der Waals surface area (Å²) >= 11 is 0. The third-order valence-corrected chi connectivity index (χ3v) is 2.87. The van der Waals surface area contributed by atoms with E-state index in [9.17, 15) is 5.11 Å². The van der Waals surface area contributed by atoms with Crippen molar-refractivity contribution in [2.75, 3.05) is 13.7 Å². The number of aliphatic hydroxyl groups excluding tert-OH is 2. The van der Waals surface area contributed by atoms with E-state index in [2.05, 4.69) is 0 Å². The van der Waals surface area contributed by atoms with Crippen LogP contribution < -0.4 is 0 Å². The highest BCUT2D eigenvalue weighted by molar-refractivity contribution is 4.95. The lowest BCUT2D eigenvalue weighted by atomic mass is 9.99. The Balaban J connectivity index is 2.18. The van der Waals surface area contributed by atoms with Crippen molar-refractivity contribution >= 4 is 0 Å². The standard InChI is InChI=1S/C10H18O6/c1-10(2)15-7-6(12)5(4-11)14-9(13-3)8(7)16-10/h5-9,11-12H,4H2,1-3H3/t5-,6+,7+,8+,9-/m0/s1. The highest BCUT2D eigenvalue weighted by Gasteiger charge is 2.54. The first kappa shape index (κ1) is 12.2. The zero-order valence-corrected chi connectivity index (χ0v) is 9.62. The van der Waals surface area contributed by atoms with Gasteiger partial charge in [-0.1, -0.05) is 0 Å². The van der Waals surface area contributed by atoms with E-state index in [4.69, 9.17) is 24.1 Å². The van der Waals surface area contributed by atoms with Gasteiger partial charge in [0.05, 0.1) is 6.61 Å². The van der Waals surface area contributed by atoms with Crippen LogP contribution in [0, 0.1) is 0 Å². The number of fused-ring (bicyclic) bond motifs is 1. The molecule has 0 saturated carbocycles. The largest absolute Gasteiger partial charge is 0.394 e. The van der Waals surface area contributed by atoms with E-state index >= 15 is 0 Å². The van der Waals surface area contributed by atoms with Crippen molar-refractivity contribution in [3.63, 3.8) is 0 Å². The van der Waals surface area contributed by atoms with E-state index in [1.165, 1.54) is 7.11 Å². The summed E-state index contributed by atoms with van der Waals surface area (Å²) in [6.07, 6.45) is -3.26. The maximum absolute atomic E-state index is 9.94. The van der Waals surface area contributed by atoms with Gasteiger partial charge in [-0.25, -0.2) is 0 Å². The fraction of sp³-hybridized carbons (Fsp3) is 1.00. The molecule has 2 heterocycles. The van der Waals surface area contributed by atoms with E-state index < -0.39 is 36.5 Å². The summed E-state index contributed by atoms with van der Waals surface area (Å²) in [6, 6.07) is 0. The Kier molecular flexibility index (Phi) is 3.22. The topological polar surface area (TPSA) is 77.4 Å². The molecule has 0 aromatic heterocycles. The smallest absolute Gasteiger partial charge is 0.186 e. The molecule has 2 aliphatic heterocycles. The van der Waals surface area contributed by atoms with Crippen molar-refractivity contribution in [2.45, 2.75) is 50.3 Å². The zero-order valence-electron chi connectivity index (χ0n) is 9.62. The Morgan fingerprint density at radius 3 is 2.44 bits per heavy atom. The molecule has 6 nitrogen and oxygen atoms in total. The predicted octanol–water partition coefficient (Wildman–Crippen LogP) is -0.769. The van der Waals surface area contributed by atoms with Crippen LogP contribution in [0.15, 0.2) is 0 Å². The van der Waals surface area contributed by atoms with Crippen molar-refractivity contribution in [2.24, 2.45) is 0 Å². The zero-order chi connectivity index (χ0) is 11.9. The highest BCUT2D eigenvalue weighted by Crippen LogP contribution is 2.37. The number of methoxy groups -OCH3 is 1. The van der Waals surface area contributed by atoms with Crippen molar-refractivity contribution in [1.29, 1.82) is 0 Å². The number of hydrogen-bond donors (Lipinski definition) is 2. The first-order valence-corrected chi connectivity index (χ1v) is 5.31. The van der Waals surface area contributed by atoms with Crippen LogP contribution >= 0.6 is 0 Å². The summed E-state index contributed by atoms with van der Waals surface area (Å²) < 4.78 is 21.7. The molecule has 2 aliphatic rings. The minimum atomic E-state index is -0.914. The van der Waals surface area contributed by atoms with Gasteiger partial charge in [-0.2, -0.15) is 0 Å². The Morgan fingerprint density at radius 1 is 1.25 bits per heavy atom. The maximum Gasteiger partial charge on any atom is 0.186 e. The van der Waals surface area contributed by atoms with Gasteiger partial charge in [-0.3, -0.25) is 0 Å². The van der Waals surface area contributed by atoms with Crippen LogP contribution in [0.3, 0.4) is 0 Å². The average Bonchev–Trinajstić information content (AvgIpc) is 2.55. The molecule has 6 heteroatoms. The van der Waals surface area contributed by atoms with Crippen molar-refractivity contribution in [3.05, 3.63) is 0 Å². The first-order chi connectivity index (χ1) is 7.48. The van der Waals surface area contributed by atoms with Gasteiger partial charge in [0.15, 0.2) is 12.1 Å². The van der Waals surface area contributed by atoms with E-state index in [1.54, 1.807) is 13.8 Å². The molecule has 0 radical (unpaired) electrons. The van der Waals surface area contributed by atoms with Crippen LogP contribution in [0.25, 0.3) is 0 Å². The fourth-order valence-electron chi connectivity index (χ4n) is 2.17. The molecule has 94 valence electrons. The van der Waals surface area contributed by atoms with Gasteiger partial charge in [0.1, 0.15) is 24.4 Å². The summed E-state index contributed by atoms with van der Waals surface area (Å²) in [7, 11) is 1.49. The summed E-state index contributed by atoms with van der Waals surface area (Å²) in [6.45, 7) is 3.24. The van der Waals surface area contributed by atoms with Gasteiger partial charge in [-0.05, 0) is 13.8 Å². The SMILES string of the molecule is CO[C@H]1O[C@@H](CO)[C@@H](O)[C@H]2OC(C)(C)O[C@@H]12. The van der Waals surface area contributed by atoms with E-state index in [-0.39, 0.29) is 6.61 Å². The second-order valence-electron chi connectivity index (χ2n) is 4.52. The third-order valence-electron chi connectivity index (χ3n) is 2.87. The summed E-state index contributed by atoms with van der Waals surface area (Å²) in [5, 5.41) is 19.0. The maximum atomic E-state index is 9.94. The summed E-state index contributed by atoms with van der Waals surface area (Å²) in [5.41, 5.74) is 0. The molecule has 0 aromatic rings. The molecule has 0 aliphatic carbocycles. The van der Waals surface area contributed by atoms with Crippen molar-refractivity contribution in [1.82, 2.24) is 0 Å². The third kappa shape index (κ3) is 1.97. The lowest BCUT2D eigenvalue weighted by Crippen LogP contribution is -2.57. The van der Waals surface area contributed by atoms with Crippen molar-refractivity contribution < 1.29 is 29.2 Å². The molecule has 2 fully saturated rings. The molecular weight excluding hydrogens is 216 g/mol. The lowest BCUT2D eigenvalue weighted by Gasteiger charge is -2.38. The number of aliphatic hydroxyl groups is 2. The van der Waals surface area contributed by atoms with Gasteiger partial charge < -0.3 is 29.2 Å². The van der Waals surface area contributed by atoms with Gasteiger partial charge in [-0.15, -0.1) is 0 Å². The summed E-state index contributed by atoms with van der Waals surface area (Å²) in [5.74, 6) is -0.777. The van der Waals surface area contributed by atoms with Gasteiger partial charge in [0, 0.05) is 7.11 Å². The fourth-order valence-corrected chi connectivity index (χ4v) is 2.17. The molecule has 0 bridgehead atoms. The second kappa shape index (κ2) is 4.21. The quantitative estimate of drug-likeness (QED) is 0.653. The molecule has 2 N–H and O–H groups in total. The molecule has 0 aromatic carbocycles.